The molecule has 0 radical (unpaired) electrons. The van der Waals surface area contributed by atoms with E-state index in [0.29, 0.717) is 5.92 Å². The highest BCUT2D eigenvalue weighted by Gasteiger charge is 2.16. The van der Waals surface area contributed by atoms with Crippen LogP contribution in [0.2, 0.25) is 0 Å². The summed E-state index contributed by atoms with van der Waals surface area (Å²) < 4.78 is 0. The maximum atomic E-state index is 3.53. The molecule has 1 aliphatic carbocycles. The Morgan fingerprint density at radius 3 is 3.08 bits per heavy atom. The fourth-order valence-corrected chi connectivity index (χ4v) is 3.54. The minimum atomic E-state index is 0.695. The van der Waals surface area contributed by atoms with Gasteiger partial charge < -0.3 is 0 Å². The number of alkyl halides is 1. The third-order valence-corrected chi connectivity index (χ3v) is 4.92. The Hall–Kier alpha value is 0.180. The Labute approximate surface area is 86.1 Å². The van der Waals surface area contributed by atoms with Gasteiger partial charge in [0, 0.05) is 21.0 Å². The van der Waals surface area contributed by atoms with Gasteiger partial charge in [-0.1, -0.05) is 22.9 Å². The van der Waals surface area contributed by atoms with Gasteiger partial charge >= 0.3 is 0 Å². The SMILES string of the molecule is CC(CBr)c1cc2c(s1)CCC2. The molecule has 2 heteroatoms. The third-order valence-electron chi connectivity index (χ3n) is 2.48. The summed E-state index contributed by atoms with van der Waals surface area (Å²) in [4.78, 5) is 3.22. The quantitative estimate of drug-likeness (QED) is 0.696. The highest BCUT2D eigenvalue weighted by Crippen LogP contribution is 2.34. The first-order chi connectivity index (χ1) is 5.81. The Bertz CT molecular complexity index is 256. The molecule has 1 atom stereocenters. The van der Waals surface area contributed by atoms with Gasteiger partial charge in [0.2, 0.25) is 0 Å². The molecule has 0 aliphatic heterocycles. The topological polar surface area (TPSA) is 0 Å². The zero-order valence-corrected chi connectivity index (χ0v) is 9.67. The number of rotatable bonds is 2. The van der Waals surface area contributed by atoms with E-state index >= 15 is 0 Å². The molecule has 0 aromatic carbocycles. The normalized spacial score (nSPS) is 17.8. The number of thiophene rings is 1. The summed E-state index contributed by atoms with van der Waals surface area (Å²) in [7, 11) is 0. The van der Waals surface area contributed by atoms with Crippen LogP contribution in [0.4, 0.5) is 0 Å². The summed E-state index contributed by atoms with van der Waals surface area (Å²) in [6.07, 6.45) is 4.03. The van der Waals surface area contributed by atoms with Crippen molar-refractivity contribution in [1.82, 2.24) is 0 Å². The summed E-state index contributed by atoms with van der Waals surface area (Å²) in [6, 6.07) is 2.42. The average molecular weight is 245 g/mol. The molecule has 1 aromatic rings. The second-order valence-electron chi connectivity index (χ2n) is 3.51. The first-order valence-electron chi connectivity index (χ1n) is 4.48. The smallest absolute Gasteiger partial charge is 0.0105 e. The summed E-state index contributed by atoms with van der Waals surface area (Å²) in [5.74, 6) is 0.695. The van der Waals surface area contributed by atoms with E-state index in [0.717, 1.165) is 5.33 Å². The first kappa shape index (κ1) is 8.76. The number of fused-ring (bicyclic) bond motifs is 1. The van der Waals surface area contributed by atoms with Gasteiger partial charge in [-0.3, -0.25) is 0 Å². The van der Waals surface area contributed by atoms with Crippen LogP contribution in [0.1, 0.15) is 34.6 Å². The molecule has 1 unspecified atom stereocenters. The van der Waals surface area contributed by atoms with Gasteiger partial charge in [-0.25, -0.2) is 0 Å². The van der Waals surface area contributed by atoms with E-state index in [1.165, 1.54) is 19.3 Å². The van der Waals surface area contributed by atoms with Crippen LogP contribution >= 0.6 is 27.3 Å². The monoisotopic (exact) mass is 244 g/mol. The van der Waals surface area contributed by atoms with Crippen molar-refractivity contribution in [3.63, 3.8) is 0 Å². The molecule has 0 spiro atoms. The molecule has 0 N–H and O–H groups in total. The van der Waals surface area contributed by atoms with Gasteiger partial charge in [0.1, 0.15) is 0 Å². The summed E-state index contributed by atoms with van der Waals surface area (Å²) >= 11 is 5.56. The molecule has 1 heterocycles. The molecule has 0 saturated heterocycles. The van der Waals surface area contributed by atoms with Gasteiger partial charge in [-0.2, -0.15) is 0 Å². The predicted octanol–water partition coefficient (Wildman–Crippen LogP) is 3.74. The highest BCUT2D eigenvalue weighted by atomic mass is 79.9. The maximum absolute atomic E-state index is 3.53. The van der Waals surface area contributed by atoms with Crippen LogP contribution in [0.5, 0.6) is 0 Å². The largest absolute Gasteiger partial charge is 0.145 e. The molecule has 12 heavy (non-hydrogen) atoms. The van der Waals surface area contributed by atoms with E-state index < -0.39 is 0 Å². The van der Waals surface area contributed by atoms with Crippen LogP contribution in [0.3, 0.4) is 0 Å². The van der Waals surface area contributed by atoms with Crippen LogP contribution < -0.4 is 0 Å². The fraction of sp³-hybridized carbons (Fsp3) is 0.600. The Morgan fingerprint density at radius 1 is 1.58 bits per heavy atom. The van der Waals surface area contributed by atoms with Crippen molar-refractivity contribution >= 4 is 27.3 Å². The van der Waals surface area contributed by atoms with Crippen molar-refractivity contribution in [3.8, 4) is 0 Å². The summed E-state index contributed by atoms with van der Waals surface area (Å²) in [6.45, 7) is 2.29. The van der Waals surface area contributed by atoms with Crippen molar-refractivity contribution in [2.75, 3.05) is 5.33 Å². The summed E-state index contributed by atoms with van der Waals surface area (Å²) in [5, 5.41) is 1.09. The van der Waals surface area contributed by atoms with Crippen molar-refractivity contribution in [3.05, 3.63) is 21.4 Å². The molecule has 0 bridgehead atoms. The number of hydrogen-bond donors (Lipinski definition) is 0. The lowest BCUT2D eigenvalue weighted by atomic mass is 10.1. The van der Waals surface area contributed by atoms with Crippen molar-refractivity contribution in [2.45, 2.75) is 32.1 Å². The number of halogens is 1. The Balaban J connectivity index is 2.25. The molecular weight excluding hydrogens is 232 g/mol. The lowest BCUT2D eigenvalue weighted by Gasteiger charge is -2.02. The second kappa shape index (κ2) is 3.51. The second-order valence-corrected chi connectivity index (χ2v) is 5.32. The zero-order chi connectivity index (χ0) is 8.55. The van der Waals surface area contributed by atoms with Crippen molar-refractivity contribution in [2.24, 2.45) is 0 Å². The molecule has 0 amide bonds. The van der Waals surface area contributed by atoms with Gasteiger partial charge in [-0.15, -0.1) is 11.3 Å². The maximum Gasteiger partial charge on any atom is 0.0105 e. The molecule has 1 aliphatic rings. The Kier molecular flexibility index (Phi) is 2.56. The zero-order valence-electron chi connectivity index (χ0n) is 7.27. The Morgan fingerprint density at radius 2 is 2.42 bits per heavy atom. The van der Waals surface area contributed by atoms with Crippen LogP contribution in [0.15, 0.2) is 6.07 Å². The van der Waals surface area contributed by atoms with Crippen LogP contribution in [0.25, 0.3) is 0 Å². The van der Waals surface area contributed by atoms with E-state index in [1.54, 1.807) is 15.3 Å². The van der Waals surface area contributed by atoms with Gasteiger partial charge in [0.05, 0.1) is 0 Å². The molecule has 2 rings (SSSR count). The third kappa shape index (κ3) is 1.47. The first-order valence-corrected chi connectivity index (χ1v) is 6.42. The lowest BCUT2D eigenvalue weighted by molar-refractivity contribution is 0.893. The number of aryl methyl sites for hydroxylation is 2. The van der Waals surface area contributed by atoms with E-state index in [2.05, 4.69) is 28.9 Å². The van der Waals surface area contributed by atoms with E-state index in [4.69, 9.17) is 0 Å². The van der Waals surface area contributed by atoms with E-state index in [-0.39, 0.29) is 0 Å². The van der Waals surface area contributed by atoms with Crippen LogP contribution in [-0.2, 0) is 12.8 Å². The predicted molar refractivity (Wildman–Crippen MR) is 58.6 cm³/mol. The number of hydrogen-bond acceptors (Lipinski definition) is 1. The van der Waals surface area contributed by atoms with Crippen molar-refractivity contribution in [1.29, 1.82) is 0 Å². The minimum absolute atomic E-state index is 0.695. The molecule has 66 valence electrons. The van der Waals surface area contributed by atoms with Gasteiger partial charge in [0.25, 0.3) is 0 Å². The molecular formula is C10H13BrS. The molecule has 1 aromatic heterocycles. The lowest BCUT2D eigenvalue weighted by Crippen LogP contribution is -1.89. The van der Waals surface area contributed by atoms with Crippen LogP contribution in [0, 0.1) is 0 Å². The van der Waals surface area contributed by atoms with Crippen LogP contribution in [-0.4, -0.2) is 5.33 Å². The summed E-state index contributed by atoms with van der Waals surface area (Å²) in [5.41, 5.74) is 1.63. The molecule has 0 saturated carbocycles. The highest BCUT2D eigenvalue weighted by molar-refractivity contribution is 9.09. The molecule has 0 nitrogen and oxygen atoms in total. The van der Waals surface area contributed by atoms with Gasteiger partial charge in [-0.05, 0) is 30.9 Å². The van der Waals surface area contributed by atoms with E-state index in [9.17, 15) is 0 Å². The molecule has 0 fully saturated rings. The average Bonchev–Trinajstić information content (AvgIpc) is 2.60. The van der Waals surface area contributed by atoms with E-state index in [1.807, 2.05) is 11.3 Å². The standard InChI is InChI=1S/C10H13BrS/c1-7(6-11)10-5-8-3-2-4-9(8)12-10/h5,7H,2-4,6H2,1H3. The minimum Gasteiger partial charge on any atom is -0.145 e. The van der Waals surface area contributed by atoms with Crippen molar-refractivity contribution < 1.29 is 0 Å². The van der Waals surface area contributed by atoms with Gasteiger partial charge in [0.15, 0.2) is 0 Å². The fourth-order valence-electron chi connectivity index (χ4n) is 1.67.